The SMILES string of the molecule is COc1ccc(CNc2ccc(Br)cc2C)cc1O. The third kappa shape index (κ3) is 3.41. The molecule has 0 heterocycles. The van der Waals surface area contributed by atoms with Crippen LogP contribution in [0.1, 0.15) is 11.1 Å². The van der Waals surface area contributed by atoms with Gasteiger partial charge in [0.15, 0.2) is 11.5 Å². The van der Waals surface area contributed by atoms with Crippen molar-refractivity contribution in [1.29, 1.82) is 0 Å². The van der Waals surface area contributed by atoms with Gasteiger partial charge in [-0.3, -0.25) is 0 Å². The van der Waals surface area contributed by atoms with E-state index >= 15 is 0 Å². The fraction of sp³-hybridized carbons (Fsp3) is 0.200. The van der Waals surface area contributed by atoms with Gasteiger partial charge in [0.2, 0.25) is 0 Å². The summed E-state index contributed by atoms with van der Waals surface area (Å²) >= 11 is 3.44. The van der Waals surface area contributed by atoms with E-state index in [4.69, 9.17) is 4.74 Å². The van der Waals surface area contributed by atoms with Crippen LogP contribution < -0.4 is 10.1 Å². The minimum absolute atomic E-state index is 0.161. The number of halogens is 1. The topological polar surface area (TPSA) is 41.5 Å². The quantitative estimate of drug-likeness (QED) is 0.891. The fourth-order valence-electron chi connectivity index (χ4n) is 1.87. The summed E-state index contributed by atoms with van der Waals surface area (Å²) in [4.78, 5) is 0. The Morgan fingerprint density at radius 2 is 2.00 bits per heavy atom. The van der Waals surface area contributed by atoms with Crippen molar-refractivity contribution in [2.45, 2.75) is 13.5 Å². The number of phenols is 1. The lowest BCUT2D eigenvalue weighted by atomic mass is 10.1. The van der Waals surface area contributed by atoms with Gasteiger partial charge >= 0.3 is 0 Å². The van der Waals surface area contributed by atoms with Crippen molar-refractivity contribution in [3.8, 4) is 11.5 Å². The largest absolute Gasteiger partial charge is 0.504 e. The van der Waals surface area contributed by atoms with Crippen LogP contribution in [0.3, 0.4) is 0 Å². The Morgan fingerprint density at radius 1 is 1.21 bits per heavy atom. The Bertz CT molecular complexity index is 584. The second-order valence-electron chi connectivity index (χ2n) is 4.32. The normalized spacial score (nSPS) is 10.3. The summed E-state index contributed by atoms with van der Waals surface area (Å²) < 4.78 is 6.09. The van der Waals surface area contributed by atoms with E-state index in [2.05, 4.69) is 34.2 Å². The van der Waals surface area contributed by atoms with Crippen LogP contribution in [0, 0.1) is 6.92 Å². The molecule has 2 aromatic rings. The molecule has 2 aromatic carbocycles. The third-order valence-corrected chi connectivity index (χ3v) is 3.41. The average molecular weight is 322 g/mol. The fourth-order valence-corrected chi connectivity index (χ4v) is 2.34. The molecule has 0 unspecified atom stereocenters. The van der Waals surface area contributed by atoms with Crippen molar-refractivity contribution >= 4 is 21.6 Å². The summed E-state index contributed by atoms with van der Waals surface area (Å²) in [7, 11) is 1.54. The van der Waals surface area contributed by atoms with Crippen LogP contribution in [-0.2, 0) is 6.54 Å². The van der Waals surface area contributed by atoms with Crippen LogP contribution in [0.2, 0.25) is 0 Å². The minimum atomic E-state index is 0.161. The molecular formula is C15H16BrNO2. The minimum Gasteiger partial charge on any atom is -0.504 e. The van der Waals surface area contributed by atoms with Crippen molar-refractivity contribution < 1.29 is 9.84 Å². The number of anilines is 1. The molecule has 0 aliphatic heterocycles. The van der Waals surface area contributed by atoms with E-state index in [1.165, 1.54) is 12.7 Å². The standard InChI is InChI=1S/C15H16BrNO2/c1-10-7-12(16)4-5-13(10)17-9-11-3-6-15(19-2)14(18)8-11/h3-8,17-18H,9H2,1-2H3. The van der Waals surface area contributed by atoms with Crippen molar-refractivity contribution in [3.63, 3.8) is 0 Å². The van der Waals surface area contributed by atoms with Crippen LogP contribution in [0.15, 0.2) is 40.9 Å². The molecule has 0 radical (unpaired) electrons. The highest BCUT2D eigenvalue weighted by atomic mass is 79.9. The Balaban J connectivity index is 2.08. The van der Waals surface area contributed by atoms with E-state index in [1.54, 1.807) is 12.1 Å². The average Bonchev–Trinajstić information content (AvgIpc) is 2.38. The maximum absolute atomic E-state index is 9.72. The zero-order valence-electron chi connectivity index (χ0n) is 10.9. The number of nitrogens with one attached hydrogen (secondary N) is 1. The number of aryl methyl sites for hydroxylation is 1. The van der Waals surface area contributed by atoms with Gasteiger partial charge in [-0.1, -0.05) is 22.0 Å². The van der Waals surface area contributed by atoms with Crippen LogP contribution in [0.4, 0.5) is 5.69 Å². The molecule has 0 aliphatic carbocycles. The molecule has 2 N–H and O–H groups in total. The number of hydrogen-bond donors (Lipinski definition) is 2. The molecule has 19 heavy (non-hydrogen) atoms. The van der Waals surface area contributed by atoms with Crippen molar-refractivity contribution in [2.75, 3.05) is 12.4 Å². The van der Waals surface area contributed by atoms with E-state index in [1.807, 2.05) is 18.2 Å². The summed E-state index contributed by atoms with van der Waals surface area (Å²) in [6.45, 7) is 2.71. The van der Waals surface area contributed by atoms with Gasteiger partial charge in [0, 0.05) is 16.7 Å². The number of methoxy groups -OCH3 is 1. The van der Waals surface area contributed by atoms with Gasteiger partial charge in [-0.15, -0.1) is 0 Å². The summed E-state index contributed by atoms with van der Waals surface area (Å²) in [5.41, 5.74) is 3.26. The molecule has 0 saturated heterocycles. The lowest BCUT2D eigenvalue weighted by Crippen LogP contribution is -2.01. The highest BCUT2D eigenvalue weighted by Gasteiger charge is 2.03. The summed E-state index contributed by atoms with van der Waals surface area (Å²) in [5, 5.41) is 13.1. The molecule has 0 fully saturated rings. The number of hydrogen-bond acceptors (Lipinski definition) is 3. The van der Waals surface area contributed by atoms with Crippen molar-refractivity contribution in [2.24, 2.45) is 0 Å². The van der Waals surface area contributed by atoms with Gasteiger partial charge in [0.25, 0.3) is 0 Å². The first kappa shape index (κ1) is 13.7. The van der Waals surface area contributed by atoms with E-state index in [0.29, 0.717) is 12.3 Å². The maximum atomic E-state index is 9.72. The molecule has 0 atom stereocenters. The summed E-state index contributed by atoms with van der Waals surface area (Å²) in [5.74, 6) is 0.651. The number of ether oxygens (including phenoxy) is 1. The van der Waals surface area contributed by atoms with E-state index < -0.39 is 0 Å². The zero-order valence-corrected chi connectivity index (χ0v) is 12.5. The van der Waals surface area contributed by atoms with Gasteiger partial charge in [0.1, 0.15) is 0 Å². The predicted octanol–water partition coefficient (Wildman–Crippen LogP) is 4.08. The van der Waals surface area contributed by atoms with Crippen molar-refractivity contribution in [3.05, 3.63) is 52.0 Å². The first-order valence-corrected chi connectivity index (χ1v) is 6.75. The summed E-state index contributed by atoms with van der Waals surface area (Å²) in [6, 6.07) is 11.5. The molecule has 0 amide bonds. The molecule has 0 aliphatic rings. The van der Waals surface area contributed by atoms with E-state index in [0.717, 1.165) is 15.7 Å². The summed E-state index contributed by atoms with van der Waals surface area (Å²) in [6.07, 6.45) is 0. The number of phenolic OH excluding ortho intramolecular Hbond substituents is 1. The lowest BCUT2D eigenvalue weighted by molar-refractivity contribution is 0.373. The molecular weight excluding hydrogens is 306 g/mol. The van der Waals surface area contributed by atoms with Crippen LogP contribution in [-0.4, -0.2) is 12.2 Å². The van der Waals surface area contributed by atoms with Crippen LogP contribution >= 0.6 is 15.9 Å². The number of aromatic hydroxyl groups is 1. The second kappa shape index (κ2) is 5.97. The van der Waals surface area contributed by atoms with Crippen LogP contribution in [0.25, 0.3) is 0 Å². The first-order chi connectivity index (χ1) is 9.10. The Hall–Kier alpha value is -1.68. The van der Waals surface area contributed by atoms with Gasteiger partial charge in [-0.25, -0.2) is 0 Å². The number of benzene rings is 2. The number of rotatable bonds is 4. The maximum Gasteiger partial charge on any atom is 0.160 e. The van der Waals surface area contributed by atoms with Gasteiger partial charge in [-0.2, -0.15) is 0 Å². The van der Waals surface area contributed by atoms with Gasteiger partial charge in [0.05, 0.1) is 7.11 Å². The van der Waals surface area contributed by atoms with Gasteiger partial charge < -0.3 is 15.2 Å². The van der Waals surface area contributed by atoms with E-state index in [-0.39, 0.29) is 5.75 Å². The smallest absolute Gasteiger partial charge is 0.160 e. The zero-order chi connectivity index (χ0) is 13.8. The molecule has 0 spiro atoms. The monoisotopic (exact) mass is 321 g/mol. The Kier molecular flexibility index (Phi) is 4.32. The highest BCUT2D eigenvalue weighted by molar-refractivity contribution is 9.10. The molecule has 0 aromatic heterocycles. The molecule has 3 nitrogen and oxygen atoms in total. The molecule has 2 rings (SSSR count). The third-order valence-electron chi connectivity index (χ3n) is 2.91. The van der Waals surface area contributed by atoms with Crippen LogP contribution in [0.5, 0.6) is 11.5 Å². The van der Waals surface area contributed by atoms with Crippen molar-refractivity contribution in [1.82, 2.24) is 0 Å². The van der Waals surface area contributed by atoms with E-state index in [9.17, 15) is 5.11 Å². The first-order valence-electron chi connectivity index (χ1n) is 5.96. The molecule has 0 bridgehead atoms. The second-order valence-corrected chi connectivity index (χ2v) is 5.23. The highest BCUT2D eigenvalue weighted by Crippen LogP contribution is 2.27. The molecule has 0 saturated carbocycles. The van der Waals surface area contributed by atoms with Gasteiger partial charge in [-0.05, 0) is 48.4 Å². The Labute approximate surface area is 121 Å². The Morgan fingerprint density at radius 3 is 2.63 bits per heavy atom. The lowest BCUT2D eigenvalue weighted by Gasteiger charge is -2.11. The molecule has 4 heteroatoms. The predicted molar refractivity (Wildman–Crippen MR) is 80.9 cm³/mol. The molecule has 100 valence electrons.